The molecule has 1 unspecified atom stereocenters. The number of aromatic nitrogens is 2. The molecule has 0 aromatic carbocycles. The van der Waals surface area contributed by atoms with E-state index in [1.807, 2.05) is 24.0 Å². The minimum absolute atomic E-state index is 0.253. The number of nitrogens with one attached hydrogen (secondary N) is 1. The molecule has 1 saturated carbocycles. The monoisotopic (exact) mass is 194 g/mol. The van der Waals surface area contributed by atoms with E-state index in [-0.39, 0.29) is 6.04 Å². The Hall–Kier alpha value is -0.870. The van der Waals surface area contributed by atoms with Crippen LogP contribution in [0.4, 0.5) is 0 Å². The molecule has 3 N–H and O–H groups in total. The minimum Gasteiger partial charge on any atom is -0.271 e. The third-order valence-electron chi connectivity index (χ3n) is 2.98. The fourth-order valence-electron chi connectivity index (χ4n) is 1.85. The van der Waals surface area contributed by atoms with E-state index in [9.17, 15) is 0 Å². The van der Waals surface area contributed by atoms with Gasteiger partial charge in [-0.2, -0.15) is 5.10 Å². The van der Waals surface area contributed by atoms with Gasteiger partial charge in [-0.3, -0.25) is 16.0 Å². The molecule has 0 amide bonds. The summed E-state index contributed by atoms with van der Waals surface area (Å²) >= 11 is 0. The zero-order valence-corrected chi connectivity index (χ0v) is 8.61. The molecule has 1 heterocycles. The summed E-state index contributed by atoms with van der Waals surface area (Å²) in [6.45, 7) is 0. The van der Waals surface area contributed by atoms with Gasteiger partial charge in [-0.15, -0.1) is 0 Å². The van der Waals surface area contributed by atoms with Crippen LogP contribution >= 0.6 is 0 Å². The summed E-state index contributed by atoms with van der Waals surface area (Å²) in [5.74, 6) is 6.51. The van der Waals surface area contributed by atoms with Gasteiger partial charge < -0.3 is 0 Å². The van der Waals surface area contributed by atoms with Crippen LogP contribution in [0.1, 0.15) is 37.4 Å². The Balaban J connectivity index is 1.93. The molecule has 1 aliphatic carbocycles. The first-order valence-corrected chi connectivity index (χ1v) is 5.25. The Morgan fingerprint density at radius 3 is 3.00 bits per heavy atom. The van der Waals surface area contributed by atoms with Crippen LogP contribution in [-0.4, -0.2) is 9.78 Å². The van der Waals surface area contributed by atoms with Gasteiger partial charge in [0.25, 0.3) is 0 Å². The highest BCUT2D eigenvalue weighted by Gasteiger charge is 2.23. The first kappa shape index (κ1) is 9.68. The zero-order chi connectivity index (χ0) is 9.97. The number of nitrogens with two attached hydrogens (primary N) is 1. The van der Waals surface area contributed by atoms with E-state index in [4.69, 9.17) is 5.84 Å². The summed E-state index contributed by atoms with van der Waals surface area (Å²) in [4.78, 5) is 0. The molecule has 78 valence electrons. The van der Waals surface area contributed by atoms with E-state index < -0.39 is 0 Å². The van der Waals surface area contributed by atoms with Gasteiger partial charge in [-0.1, -0.05) is 12.8 Å². The molecule has 1 atom stereocenters. The van der Waals surface area contributed by atoms with Crippen LogP contribution in [0.2, 0.25) is 0 Å². The number of aryl methyl sites for hydroxylation is 1. The summed E-state index contributed by atoms with van der Waals surface area (Å²) in [6.07, 6.45) is 7.02. The number of hydrazine groups is 1. The van der Waals surface area contributed by atoms with Crippen molar-refractivity contribution in [2.45, 2.75) is 31.7 Å². The first-order valence-electron chi connectivity index (χ1n) is 5.25. The van der Waals surface area contributed by atoms with Crippen molar-refractivity contribution in [2.75, 3.05) is 0 Å². The van der Waals surface area contributed by atoms with Crippen molar-refractivity contribution in [3.8, 4) is 0 Å². The molecule has 2 rings (SSSR count). The van der Waals surface area contributed by atoms with Gasteiger partial charge in [0.15, 0.2) is 0 Å². The minimum atomic E-state index is 0.253. The lowest BCUT2D eigenvalue weighted by Gasteiger charge is -2.15. The van der Waals surface area contributed by atoms with Crippen molar-refractivity contribution < 1.29 is 0 Å². The van der Waals surface area contributed by atoms with Gasteiger partial charge in [0, 0.05) is 13.2 Å². The Bertz CT molecular complexity index is 290. The molecular weight excluding hydrogens is 176 g/mol. The molecular formula is C10H18N4. The molecule has 1 aliphatic rings. The Labute approximate surface area is 84.4 Å². The summed E-state index contributed by atoms with van der Waals surface area (Å²) in [5.41, 5.74) is 4.04. The molecule has 1 fully saturated rings. The number of hydrogen-bond acceptors (Lipinski definition) is 3. The van der Waals surface area contributed by atoms with Crippen LogP contribution in [0.3, 0.4) is 0 Å². The summed E-state index contributed by atoms with van der Waals surface area (Å²) < 4.78 is 1.89. The second-order valence-electron chi connectivity index (χ2n) is 4.12. The maximum Gasteiger partial charge on any atom is 0.0629 e. The lowest BCUT2D eigenvalue weighted by atomic mass is 10.1. The average molecular weight is 194 g/mol. The first-order chi connectivity index (χ1) is 6.81. The van der Waals surface area contributed by atoms with E-state index in [0.29, 0.717) is 0 Å². The fraction of sp³-hybridized carbons (Fsp3) is 0.700. The van der Waals surface area contributed by atoms with Crippen molar-refractivity contribution in [3.63, 3.8) is 0 Å². The van der Waals surface area contributed by atoms with Crippen LogP contribution < -0.4 is 11.3 Å². The maximum absolute atomic E-state index is 5.55. The third-order valence-corrected chi connectivity index (χ3v) is 2.98. The van der Waals surface area contributed by atoms with Gasteiger partial charge in [0.05, 0.1) is 11.7 Å². The Morgan fingerprint density at radius 1 is 1.71 bits per heavy atom. The molecule has 1 aromatic heterocycles. The van der Waals surface area contributed by atoms with Crippen LogP contribution in [0, 0.1) is 5.92 Å². The molecule has 0 saturated heterocycles. The van der Waals surface area contributed by atoms with E-state index in [0.717, 1.165) is 12.3 Å². The molecule has 0 spiro atoms. The zero-order valence-electron chi connectivity index (χ0n) is 8.61. The number of rotatable bonds is 5. The highest BCUT2D eigenvalue weighted by atomic mass is 15.3. The van der Waals surface area contributed by atoms with E-state index in [1.165, 1.54) is 25.0 Å². The van der Waals surface area contributed by atoms with Gasteiger partial charge in [-0.05, 0) is 24.8 Å². The smallest absolute Gasteiger partial charge is 0.0629 e. The molecule has 1 aromatic rings. The van der Waals surface area contributed by atoms with Crippen LogP contribution in [-0.2, 0) is 7.05 Å². The van der Waals surface area contributed by atoms with Crippen LogP contribution in [0.5, 0.6) is 0 Å². The van der Waals surface area contributed by atoms with Gasteiger partial charge in [-0.25, -0.2) is 0 Å². The second-order valence-corrected chi connectivity index (χ2v) is 4.12. The van der Waals surface area contributed by atoms with Gasteiger partial charge in [0.2, 0.25) is 0 Å². The normalized spacial score (nSPS) is 18.4. The molecule has 0 radical (unpaired) electrons. The molecule has 0 aliphatic heterocycles. The maximum atomic E-state index is 5.55. The van der Waals surface area contributed by atoms with Crippen LogP contribution in [0.15, 0.2) is 12.3 Å². The molecule has 0 bridgehead atoms. The second kappa shape index (κ2) is 4.11. The van der Waals surface area contributed by atoms with E-state index in [2.05, 4.69) is 10.5 Å². The predicted octanol–water partition coefficient (Wildman–Crippen LogP) is 1.11. The topological polar surface area (TPSA) is 55.9 Å². The van der Waals surface area contributed by atoms with Gasteiger partial charge >= 0.3 is 0 Å². The predicted molar refractivity (Wildman–Crippen MR) is 55.2 cm³/mol. The summed E-state index contributed by atoms with van der Waals surface area (Å²) in [6, 6.07) is 2.28. The van der Waals surface area contributed by atoms with Crippen molar-refractivity contribution in [3.05, 3.63) is 18.0 Å². The van der Waals surface area contributed by atoms with Crippen molar-refractivity contribution in [2.24, 2.45) is 18.8 Å². The quantitative estimate of drug-likeness (QED) is 0.545. The summed E-state index contributed by atoms with van der Waals surface area (Å²) in [5, 5.41) is 4.15. The Morgan fingerprint density at radius 2 is 2.50 bits per heavy atom. The standard InChI is InChI=1S/C10H18N4/c1-14-10(6-7-12-14)9(13-11)5-4-8-2-3-8/h6-9,13H,2-5,11H2,1H3. The molecule has 4 heteroatoms. The lowest BCUT2D eigenvalue weighted by Crippen LogP contribution is -2.29. The number of hydrogen-bond donors (Lipinski definition) is 2. The third kappa shape index (κ3) is 2.13. The largest absolute Gasteiger partial charge is 0.271 e. The Kier molecular flexibility index (Phi) is 2.84. The van der Waals surface area contributed by atoms with Crippen molar-refractivity contribution in [1.29, 1.82) is 0 Å². The average Bonchev–Trinajstić information content (AvgIpc) is 2.92. The van der Waals surface area contributed by atoms with Crippen molar-refractivity contribution >= 4 is 0 Å². The highest BCUT2D eigenvalue weighted by Crippen LogP contribution is 2.35. The van der Waals surface area contributed by atoms with Crippen LogP contribution in [0.25, 0.3) is 0 Å². The number of nitrogens with zero attached hydrogens (tertiary/aromatic N) is 2. The van der Waals surface area contributed by atoms with Gasteiger partial charge in [0.1, 0.15) is 0 Å². The van der Waals surface area contributed by atoms with Crippen molar-refractivity contribution in [1.82, 2.24) is 15.2 Å². The molecule has 14 heavy (non-hydrogen) atoms. The highest BCUT2D eigenvalue weighted by molar-refractivity contribution is 5.06. The summed E-state index contributed by atoms with van der Waals surface area (Å²) in [7, 11) is 1.96. The molecule has 4 nitrogen and oxygen atoms in total. The fourth-order valence-corrected chi connectivity index (χ4v) is 1.85. The SMILES string of the molecule is Cn1nccc1C(CCC1CC1)NN. The van der Waals surface area contributed by atoms with E-state index in [1.54, 1.807) is 0 Å². The lowest BCUT2D eigenvalue weighted by molar-refractivity contribution is 0.454. The van der Waals surface area contributed by atoms with E-state index >= 15 is 0 Å².